The van der Waals surface area contributed by atoms with Gasteiger partial charge in [0.15, 0.2) is 5.96 Å². The molecule has 3 fully saturated rings. The quantitative estimate of drug-likeness (QED) is 0.175. The molecule has 164 valence electrons. The van der Waals surface area contributed by atoms with Crippen LogP contribution in [0.2, 0.25) is 0 Å². The van der Waals surface area contributed by atoms with Crippen LogP contribution in [0.1, 0.15) is 67.3 Å². The molecule has 0 aromatic heterocycles. The van der Waals surface area contributed by atoms with Gasteiger partial charge in [0, 0.05) is 19.2 Å². The molecule has 3 saturated carbocycles. The van der Waals surface area contributed by atoms with E-state index in [1.807, 2.05) is 31.4 Å². The summed E-state index contributed by atoms with van der Waals surface area (Å²) in [5, 5.41) is 21.9. The van der Waals surface area contributed by atoms with Gasteiger partial charge in [-0.15, -0.1) is 0 Å². The maximum Gasteiger partial charge on any atom is 0.475 e. The highest BCUT2D eigenvalue weighted by atomic mass is 16.5. The van der Waals surface area contributed by atoms with Crippen LogP contribution in [0.3, 0.4) is 0 Å². The average molecular weight is 416 g/mol. The highest BCUT2D eigenvalue weighted by molar-refractivity contribution is 6.43. The van der Waals surface area contributed by atoms with Crippen LogP contribution in [-0.2, 0) is 10.2 Å². The molecule has 1 aromatic carbocycles. The molecule has 3 aliphatic rings. The molecule has 0 spiro atoms. The monoisotopic (exact) mass is 416 g/mol. The maximum absolute atomic E-state index is 12.6. The van der Waals surface area contributed by atoms with Crippen LogP contribution in [-0.4, -0.2) is 54.2 Å². The van der Waals surface area contributed by atoms with Gasteiger partial charge in [-0.3, -0.25) is 9.79 Å². The Morgan fingerprint density at radius 2 is 1.77 bits per heavy atom. The number of rotatable bonds is 9. The summed E-state index contributed by atoms with van der Waals surface area (Å²) in [7, 11) is 0.167. The Morgan fingerprint density at radius 3 is 2.27 bits per heavy atom. The average Bonchev–Trinajstić information content (AvgIpc) is 2.76. The predicted molar refractivity (Wildman–Crippen MR) is 117 cm³/mol. The second kappa shape index (κ2) is 9.37. The molecule has 0 unspecified atom stereocenters. The van der Waals surface area contributed by atoms with Gasteiger partial charge in [-0.1, -0.05) is 12.1 Å². The van der Waals surface area contributed by atoms with Gasteiger partial charge in [-0.25, -0.2) is 0 Å². The van der Waals surface area contributed by atoms with Crippen molar-refractivity contribution < 1.29 is 19.6 Å². The first-order valence-electron chi connectivity index (χ1n) is 10.7. The Kier molecular flexibility index (Phi) is 7.05. The number of fused-ring (bicyclic) bond motifs is 3. The molecule has 1 amide bonds. The van der Waals surface area contributed by atoms with Crippen LogP contribution in [0.5, 0.6) is 0 Å². The zero-order chi connectivity index (χ0) is 21.8. The second-order valence-electron chi connectivity index (χ2n) is 8.69. The second-order valence-corrected chi connectivity index (χ2v) is 8.69. The van der Waals surface area contributed by atoms with Crippen LogP contribution in [0.25, 0.3) is 0 Å². The minimum absolute atomic E-state index is 0.0106. The summed E-state index contributed by atoms with van der Waals surface area (Å²) >= 11 is 0. The number of guanidine groups is 1. The number of aliphatic imine (C=N–C) groups is 1. The Labute approximate surface area is 178 Å². The molecule has 8 nitrogen and oxygen atoms in total. The third kappa shape index (κ3) is 4.96. The third-order valence-corrected chi connectivity index (χ3v) is 7.01. The molecule has 0 radical (unpaired) electrons. The molecular formula is C21H33BN4O4. The number of nitrogens with two attached hydrogens (primary N) is 2. The molecule has 0 heterocycles. The topological polar surface area (TPSA) is 143 Å². The van der Waals surface area contributed by atoms with E-state index in [4.69, 9.17) is 16.2 Å². The number of methoxy groups -OCH3 is 1. The van der Waals surface area contributed by atoms with Crippen molar-refractivity contribution in [1.82, 2.24) is 5.32 Å². The van der Waals surface area contributed by atoms with Gasteiger partial charge in [0.05, 0.1) is 11.5 Å². The van der Waals surface area contributed by atoms with Gasteiger partial charge in [0.25, 0.3) is 5.91 Å². The first kappa shape index (κ1) is 22.6. The Hall–Kier alpha value is -2.10. The largest absolute Gasteiger partial charge is 0.475 e. The Bertz CT molecular complexity index is 740. The fourth-order valence-corrected chi connectivity index (χ4v) is 4.93. The molecule has 1 aromatic rings. The third-order valence-electron chi connectivity index (χ3n) is 7.01. The molecule has 9 heteroatoms. The Balaban J connectivity index is 1.60. The van der Waals surface area contributed by atoms with Crippen LogP contribution >= 0.6 is 0 Å². The van der Waals surface area contributed by atoms with Gasteiger partial charge >= 0.3 is 7.12 Å². The molecule has 0 saturated heterocycles. The van der Waals surface area contributed by atoms with Crippen LogP contribution in [0.15, 0.2) is 29.3 Å². The van der Waals surface area contributed by atoms with Crippen molar-refractivity contribution in [2.75, 3.05) is 13.7 Å². The normalized spacial score (nSPS) is 26.1. The van der Waals surface area contributed by atoms with E-state index in [0.29, 0.717) is 24.9 Å². The number of hydrogen-bond donors (Lipinski definition) is 5. The fourth-order valence-electron chi connectivity index (χ4n) is 4.93. The van der Waals surface area contributed by atoms with Crippen molar-refractivity contribution in [2.45, 2.75) is 68.3 Å². The fraction of sp³-hybridized carbons (Fsp3) is 0.619. The standard InChI is InChI=1S/C21H33BN4O4/c1-30-21-11-8-20(9-12-21,10-13-21)16-6-4-15(5-7-16)18(27)26-17(22(28)29)3-2-14-25-19(23)24/h4-7,17,28-29H,2-3,8-14H2,1H3,(H,26,27)(H4,23,24,25)/t17-,20?,21?/m0/s1. The summed E-state index contributed by atoms with van der Waals surface area (Å²) in [4.78, 5) is 16.5. The summed E-state index contributed by atoms with van der Waals surface area (Å²) in [6.07, 6.45) is 7.46. The van der Waals surface area contributed by atoms with Crippen molar-refractivity contribution in [2.24, 2.45) is 16.5 Å². The molecule has 30 heavy (non-hydrogen) atoms. The lowest BCUT2D eigenvalue weighted by Crippen LogP contribution is -2.49. The number of amides is 1. The summed E-state index contributed by atoms with van der Waals surface area (Å²) in [5.74, 6) is -1.13. The number of carbonyl (C=O) groups is 1. The lowest BCUT2D eigenvalue weighted by Gasteiger charge is -2.53. The molecule has 0 aliphatic heterocycles. The van der Waals surface area contributed by atoms with Crippen molar-refractivity contribution in [1.29, 1.82) is 0 Å². The molecule has 7 N–H and O–H groups in total. The summed E-state index contributed by atoms with van der Waals surface area (Å²) in [5.41, 5.74) is 12.6. The predicted octanol–water partition coefficient (Wildman–Crippen LogP) is 0.841. The van der Waals surface area contributed by atoms with E-state index in [1.54, 1.807) is 0 Å². The van der Waals surface area contributed by atoms with Crippen LogP contribution in [0, 0.1) is 0 Å². The number of carbonyl (C=O) groups excluding carboxylic acids is 1. The van der Waals surface area contributed by atoms with Crippen molar-refractivity contribution in [3.63, 3.8) is 0 Å². The van der Waals surface area contributed by atoms with Gasteiger partial charge in [0.2, 0.25) is 0 Å². The molecular weight excluding hydrogens is 383 g/mol. The number of benzene rings is 1. The molecule has 3 aliphatic carbocycles. The van der Waals surface area contributed by atoms with Crippen molar-refractivity contribution in [3.8, 4) is 0 Å². The summed E-state index contributed by atoms with van der Waals surface area (Å²) < 4.78 is 5.79. The number of nitrogens with one attached hydrogen (secondary N) is 1. The first-order valence-corrected chi connectivity index (χ1v) is 10.7. The van der Waals surface area contributed by atoms with Crippen molar-refractivity contribution >= 4 is 19.0 Å². The number of nitrogens with zero attached hydrogens (tertiary/aromatic N) is 1. The summed E-state index contributed by atoms with van der Waals surface area (Å²) in [6, 6.07) is 7.74. The smallest absolute Gasteiger partial charge is 0.426 e. The minimum Gasteiger partial charge on any atom is -0.426 e. The van der Waals surface area contributed by atoms with Crippen molar-refractivity contribution in [3.05, 3.63) is 35.4 Å². The maximum atomic E-state index is 12.6. The lowest BCUT2D eigenvalue weighted by molar-refractivity contribution is -0.0955. The van der Waals surface area contributed by atoms with E-state index in [9.17, 15) is 14.8 Å². The van der Waals surface area contributed by atoms with Gasteiger partial charge < -0.3 is 31.6 Å². The lowest BCUT2D eigenvalue weighted by atomic mass is 9.56. The zero-order valence-corrected chi connectivity index (χ0v) is 17.6. The number of hydrogen-bond acceptors (Lipinski definition) is 5. The van der Waals surface area contributed by atoms with E-state index in [2.05, 4.69) is 10.3 Å². The van der Waals surface area contributed by atoms with Crippen LogP contribution < -0.4 is 16.8 Å². The van der Waals surface area contributed by atoms with E-state index in [1.165, 1.54) is 5.56 Å². The van der Waals surface area contributed by atoms with E-state index >= 15 is 0 Å². The zero-order valence-electron chi connectivity index (χ0n) is 17.6. The molecule has 1 atom stereocenters. The highest BCUT2D eigenvalue weighted by Gasteiger charge is 2.49. The van der Waals surface area contributed by atoms with Gasteiger partial charge in [0.1, 0.15) is 0 Å². The van der Waals surface area contributed by atoms with E-state index in [-0.39, 0.29) is 22.9 Å². The van der Waals surface area contributed by atoms with Crippen LogP contribution in [0.4, 0.5) is 0 Å². The number of ether oxygens (including phenoxy) is 1. The Morgan fingerprint density at radius 1 is 1.17 bits per heavy atom. The van der Waals surface area contributed by atoms with E-state index in [0.717, 1.165) is 38.5 Å². The highest BCUT2D eigenvalue weighted by Crippen LogP contribution is 2.54. The summed E-state index contributed by atoms with van der Waals surface area (Å²) in [6.45, 7) is 0.364. The van der Waals surface area contributed by atoms with E-state index < -0.39 is 13.1 Å². The van der Waals surface area contributed by atoms with Gasteiger partial charge in [-0.05, 0) is 74.5 Å². The SMILES string of the molecule is COC12CCC(c3ccc(C(=O)N[C@@H](CCCN=C(N)N)B(O)O)cc3)(CC1)CC2. The van der Waals surface area contributed by atoms with Gasteiger partial charge in [-0.2, -0.15) is 0 Å². The first-order chi connectivity index (χ1) is 14.3. The molecule has 4 rings (SSSR count). The minimum atomic E-state index is -1.66. The molecule has 2 bridgehead atoms.